The smallest absolute Gasteiger partial charge is 0.125 e. The van der Waals surface area contributed by atoms with E-state index < -0.39 is 0 Å². The predicted octanol–water partition coefficient (Wildman–Crippen LogP) is 3.40. The lowest BCUT2D eigenvalue weighted by Gasteiger charge is -2.18. The molecule has 0 aliphatic rings. The first kappa shape index (κ1) is 11.8. The third-order valence-electron chi connectivity index (χ3n) is 2.50. The topological polar surface area (TPSA) is 38.0 Å². The van der Waals surface area contributed by atoms with E-state index in [2.05, 4.69) is 19.2 Å². The van der Waals surface area contributed by atoms with Crippen LogP contribution in [0.5, 0.6) is 0 Å². The summed E-state index contributed by atoms with van der Waals surface area (Å²) in [5.41, 5.74) is 7.02. The average molecular weight is 210 g/mol. The normalized spacial score (nSPS) is 12.5. The van der Waals surface area contributed by atoms with Crippen molar-refractivity contribution in [3.63, 3.8) is 0 Å². The van der Waals surface area contributed by atoms with Gasteiger partial charge in [0.25, 0.3) is 0 Å². The van der Waals surface area contributed by atoms with Gasteiger partial charge in [-0.2, -0.15) is 0 Å². The van der Waals surface area contributed by atoms with Gasteiger partial charge in [-0.15, -0.1) is 0 Å². The van der Waals surface area contributed by atoms with Gasteiger partial charge in [0.05, 0.1) is 11.4 Å². The summed E-state index contributed by atoms with van der Waals surface area (Å²) in [5.74, 6) is -0.290. The van der Waals surface area contributed by atoms with Crippen molar-refractivity contribution in [2.75, 3.05) is 11.1 Å². The number of nitrogen functional groups attached to an aromatic ring is 1. The summed E-state index contributed by atoms with van der Waals surface area (Å²) in [5, 5.41) is 3.33. The number of hydrogen-bond acceptors (Lipinski definition) is 2. The Hall–Kier alpha value is -1.25. The Bertz CT molecular complexity index is 312. The molecule has 0 aromatic heterocycles. The molecule has 3 N–H and O–H groups in total. The molecular formula is C12H19FN2. The first-order valence-corrected chi connectivity index (χ1v) is 5.49. The summed E-state index contributed by atoms with van der Waals surface area (Å²) in [4.78, 5) is 0. The maximum absolute atomic E-state index is 12.8. The second-order valence-corrected chi connectivity index (χ2v) is 3.77. The summed E-state index contributed by atoms with van der Waals surface area (Å²) >= 11 is 0. The van der Waals surface area contributed by atoms with E-state index in [0.29, 0.717) is 11.7 Å². The molecule has 3 heteroatoms. The van der Waals surface area contributed by atoms with Crippen molar-refractivity contribution in [3.8, 4) is 0 Å². The molecule has 0 bridgehead atoms. The third kappa shape index (κ3) is 3.42. The number of nitrogens with two attached hydrogens (primary N) is 1. The molecule has 0 aliphatic carbocycles. The van der Waals surface area contributed by atoms with Crippen molar-refractivity contribution in [3.05, 3.63) is 24.0 Å². The van der Waals surface area contributed by atoms with Gasteiger partial charge in [-0.1, -0.05) is 20.3 Å². The molecule has 0 spiro atoms. The molecule has 0 saturated carbocycles. The van der Waals surface area contributed by atoms with Gasteiger partial charge in [-0.3, -0.25) is 0 Å². The first-order chi connectivity index (χ1) is 7.17. The van der Waals surface area contributed by atoms with Crippen LogP contribution < -0.4 is 11.1 Å². The summed E-state index contributed by atoms with van der Waals surface area (Å²) in [6.07, 6.45) is 3.28. The summed E-state index contributed by atoms with van der Waals surface area (Å²) in [6, 6.07) is 4.89. The van der Waals surface area contributed by atoms with E-state index in [1.165, 1.54) is 12.1 Å². The fourth-order valence-electron chi connectivity index (χ4n) is 1.61. The summed E-state index contributed by atoms with van der Waals surface area (Å²) in [7, 11) is 0. The Balaban J connectivity index is 2.70. The average Bonchev–Trinajstić information content (AvgIpc) is 2.21. The highest BCUT2D eigenvalue weighted by Crippen LogP contribution is 2.21. The molecule has 15 heavy (non-hydrogen) atoms. The maximum Gasteiger partial charge on any atom is 0.125 e. The SMILES string of the molecule is CCCC(CC)Nc1ccc(F)cc1N. The monoisotopic (exact) mass is 210 g/mol. The van der Waals surface area contributed by atoms with Crippen LogP contribution in [-0.4, -0.2) is 6.04 Å². The lowest BCUT2D eigenvalue weighted by atomic mass is 10.1. The maximum atomic E-state index is 12.8. The number of benzene rings is 1. The Kier molecular flexibility index (Phi) is 4.40. The Morgan fingerprint density at radius 1 is 1.40 bits per heavy atom. The molecule has 0 saturated heterocycles. The van der Waals surface area contributed by atoms with Gasteiger partial charge >= 0.3 is 0 Å². The van der Waals surface area contributed by atoms with Crippen molar-refractivity contribution >= 4 is 11.4 Å². The molecule has 0 amide bonds. The summed E-state index contributed by atoms with van der Waals surface area (Å²) in [6.45, 7) is 4.28. The molecule has 0 radical (unpaired) electrons. The fraction of sp³-hybridized carbons (Fsp3) is 0.500. The number of rotatable bonds is 5. The quantitative estimate of drug-likeness (QED) is 0.731. The van der Waals surface area contributed by atoms with Gasteiger partial charge in [0.1, 0.15) is 5.82 Å². The van der Waals surface area contributed by atoms with E-state index in [1.807, 2.05) is 0 Å². The van der Waals surface area contributed by atoms with Crippen LogP contribution >= 0.6 is 0 Å². The van der Waals surface area contributed by atoms with Crippen molar-refractivity contribution in [1.82, 2.24) is 0 Å². The molecule has 0 heterocycles. The lowest BCUT2D eigenvalue weighted by molar-refractivity contribution is 0.619. The highest BCUT2D eigenvalue weighted by molar-refractivity contribution is 5.66. The minimum Gasteiger partial charge on any atom is -0.397 e. The van der Waals surface area contributed by atoms with Gasteiger partial charge in [-0.05, 0) is 31.0 Å². The Morgan fingerprint density at radius 3 is 2.67 bits per heavy atom. The van der Waals surface area contributed by atoms with Crippen LogP contribution in [0.2, 0.25) is 0 Å². The molecule has 2 nitrogen and oxygen atoms in total. The van der Waals surface area contributed by atoms with Crippen molar-refractivity contribution in [2.45, 2.75) is 39.2 Å². The van der Waals surface area contributed by atoms with Gasteiger partial charge in [0.15, 0.2) is 0 Å². The molecule has 0 aliphatic heterocycles. The van der Waals surface area contributed by atoms with Gasteiger partial charge in [0.2, 0.25) is 0 Å². The zero-order valence-electron chi connectivity index (χ0n) is 9.39. The molecule has 0 fully saturated rings. The lowest BCUT2D eigenvalue weighted by Crippen LogP contribution is -2.18. The zero-order valence-corrected chi connectivity index (χ0v) is 9.39. The molecule has 1 atom stereocenters. The Labute approximate surface area is 90.7 Å². The highest BCUT2D eigenvalue weighted by Gasteiger charge is 2.07. The molecule has 1 aromatic rings. The number of halogens is 1. The van der Waals surface area contributed by atoms with Gasteiger partial charge < -0.3 is 11.1 Å². The van der Waals surface area contributed by atoms with E-state index in [1.54, 1.807) is 6.07 Å². The molecular weight excluding hydrogens is 191 g/mol. The minimum absolute atomic E-state index is 0.290. The molecule has 1 unspecified atom stereocenters. The Morgan fingerprint density at radius 2 is 2.13 bits per heavy atom. The second-order valence-electron chi connectivity index (χ2n) is 3.77. The molecule has 84 valence electrons. The second kappa shape index (κ2) is 5.59. The zero-order chi connectivity index (χ0) is 11.3. The third-order valence-corrected chi connectivity index (χ3v) is 2.50. The van der Waals surface area contributed by atoms with Gasteiger partial charge in [-0.25, -0.2) is 4.39 Å². The summed E-state index contributed by atoms with van der Waals surface area (Å²) < 4.78 is 12.8. The van der Waals surface area contributed by atoms with Crippen LogP contribution in [0.1, 0.15) is 33.1 Å². The van der Waals surface area contributed by atoms with Crippen LogP contribution in [0.25, 0.3) is 0 Å². The van der Waals surface area contributed by atoms with Crippen LogP contribution in [-0.2, 0) is 0 Å². The van der Waals surface area contributed by atoms with E-state index in [0.717, 1.165) is 24.9 Å². The van der Waals surface area contributed by atoms with Crippen LogP contribution in [0, 0.1) is 5.82 Å². The predicted molar refractivity (Wildman–Crippen MR) is 63.4 cm³/mol. The van der Waals surface area contributed by atoms with E-state index in [9.17, 15) is 4.39 Å². The van der Waals surface area contributed by atoms with E-state index in [4.69, 9.17) is 5.73 Å². The molecule has 1 rings (SSSR count). The number of anilines is 2. The number of nitrogens with one attached hydrogen (secondary N) is 1. The van der Waals surface area contributed by atoms with Gasteiger partial charge in [0, 0.05) is 6.04 Å². The van der Waals surface area contributed by atoms with E-state index in [-0.39, 0.29) is 5.82 Å². The van der Waals surface area contributed by atoms with E-state index >= 15 is 0 Å². The highest BCUT2D eigenvalue weighted by atomic mass is 19.1. The minimum atomic E-state index is -0.290. The molecule has 1 aromatic carbocycles. The fourth-order valence-corrected chi connectivity index (χ4v) is 1.61. The standard InChI is InChI=1S/C12H19FN2/c1-3-5-10(4-2)15-12-7-6-9(13)8-11(12)14/h6-8,10,15H,3-5,14H2,1-2H3. The van der Waals surface area contributed by atoms with Crippen molar-refractivity contribution in [2.24, 2.45) is 0 Å². The van der Waals surface area contributed by atoms with Crippen LogP contribution in [0.15, 0.2) is 18.2 Å². The largest absolute Gasteiger partial charge is 0.397 e. The number of hydrogen-bond donors (Lipinski definition) is 2. The van der Waals surface area contributed by atoms with Crippen molar-refractivity contribution in [1.29, 1.82) is 0 Å². The first-order valence-electron chi connectivity index (χ1n) is 5.49. The van der Waals surface area contributed by atoms with Crippen LogP contribution in [0.4, 0.5) is 15.8 Å². The van der Waals surface area contributed by atoms with Crippen molar-refractivity contribution < 1.29 is 4.39 Å². The van der Waals surface area contributed by atoms with Crippen LogP contribution in [0.3, 0.4) is 0 Å².